The molecular formula is C12H25O4Sn. The first-order valence-electron chi connectivity index (χ1n) is 6.13. The third-order valence-corrected chi connectivity index (χ3v) is 2.77. The maximum atomic E-state index is 9.74. The number of rotatable bonds is 8. The van der Waals surface area contributed by atoms with Gasteiger partial charge in [-0.3, -0.25) is 0 Å². The molecule has 0 aromatic carbocycles. The van der Waals surface area contributed by atoms with Crippen LogP contribution in [0, 0.1) is 0 Å². The molecule has 0 aliphatic rings. The molecule has 0 N–H and O–H groups in total. The van der Waals surface area contributed by atoms with E-state index >= 15 is 0 Å². The first-order chi connectivity index (χ1) is 8.22. The van der Waals surface area contributed by atoms with E-state index in [1.165, 1.54) is 82.1 Å². The van der Waals surface area contributed by atoms with E-state index in [2.05, 4.69) is 16.4 Å². The van der Waals surface area contributed by atoms with Crippen LogP contribution in [0.3, 0.4) is 0 Å². The molecule has 0 aliphatic carbocycles. The van der Waals surface area contributed by atoms with Crippen LogP contribution >= 0.6 is 0 Å². The number of hydrogen-bond donors (Lipinski definition) is 0. The van der Waals surface area contributed by atoms with Crippen molar-refractivity contribution >= 4 is 29.1 Å². The Hall–Kier alpha value is 0.0287. The van der Waals surface area contributed by atoms with Crippen molar-refractivity contribution in [1.82, 2.24) is 0 Å². The molecule has 3 radical (unpaired) electrons. The smallest absolute Gasteiger partial charge is 0.438 e. The van der Waals surface area contributed by atoms with Gasteiger partial charge < -0.3 is 9.47 Å². The molecule has 0 aromatic rings. The maximum Gasteiger partial charge on any atom is 0.507 e. The number of carbonyl (C=O) groups is 1. The van der Waals surface area contributed by atoms with E-state index in [1.54, 1.807) is 0 Å². The van der Waals surface area contributed by atoms with Crippen LogP contribution in [0.15, 0.2) is 0 Å². The van der Waals surface area contributed by atoms with Gasteiger partial charge in [0, 0.05) is 0 Å². The van der Waals surface area contributed by atoms with Crippen LogP contribution in [0.5, 0.6) is 0 Å². The summed E-state index contributed by atoms with van der Waals surface area (Å²) in [5.41, 5.74) is 0. The van der Waals surface area contributed by atoms with Gasteiger partial charge in [-0.1, -0.05) is 0 Å². The summed E-state index contributed by atoms with van der Waals surface area (Å²) in [6, 6.07) is 0. The zero-order valence-corrected chi connectivity index (χ0v) is 14.1. The normalized spacial score (nSPS) is 9.18. The van der Waals surface area contributed by atoms with E-state index in [0.717, 1.165) is 6.61 Å². The molecule has 0 amide bonds. The predicted octanol–water partition coefficient (Wildman–Crippen LogP) is 3.24. The van der Waals surface area contributed by atoms with E-state index in [9.17, 15) is 4.79 Å². The maximum absolute atomic E-state index is 9.74. The van der Waals surface area contributed by atoms with Crippen LogP contribution in [0.2, 0.25) is 0 Å². The number of hydrogen-bond acceptors (Lipinski definition) is 4. The second-order valence-electron chi connectivity index (χ2n) is 3.63. The van der Waals surface area contributed by atoms with Crippen molar-refractivity contribution in [3.05, 3.63) is 0 Å². The number of ether oxygens (including phenoxy) is 2. The molecule has 0 heterocycles. The molecule has 0 rings (SSSR count). The van der Waals surface area contributed by atoms with Crippen molar-refractivity contribution in [1.29, 1.82) is 0 Å². The van der Waals surface area contributed by atoms with Gasteiger partial charge in [0.15, 0.2) is 0 Å². The van der Waals surface area contributed by atoms with Crippen LogP contribution in [-0.4, -0.2) is 49.9 Å². The summed E-state index contributed by atoms with van der Waals surface area (Å²) in [6.07, 6.45) is 8.97. The fraction of sp³-hybridized carbons (Fsp3) is 0.917. The monoisotopic (exact) mass is 353 g/mol. The molecule has 5 heteroatoms. The third kappa shape index (κ3) is 21.8. The van der Waals surface area contributed by atoms with Gasteiger partial charge in [-0.25, -0.2) is 4.79 Å². The standard InChI is InChI=1S/C9H19O.C3H6O3.Sn/c1-2-3-4-5-6-7-8-9-10;1-5-3(4)6-2;/h2-9H2,1H3;1-2H3;/q-1;;+1. The zero-order valence-electron chi connectivity index (χ0n) is 11.3. The Bertz CT molecular complexity index is 139. The number of unbranched alkanes of at least 4 members (excludes halogenated alkanes) is 6. The fourth-order valence-corrected chi connectivity index (χ4v) is 1.63. The van der Waals surface area contributed by atoms with E-state index in [0.29, 0.717) is 0 Å². The van der Waals surface area contributed by atoms with Gasteiger partial charge in [0.05, 0.1) is 14.2 Å². The summed E-state index contributed by atoms with van der Waals surface area (Å²) < 4.78 is 13.1. The van der Waals surface area contributed by atoms with E-state index in [-0.39, 0.29) is 0 Å². The van der Waals surface area contributed by atoms with Gasteiger partial charge >= 0.3 is 90.6 Å². The molecule has 0 atom stereocenters. The van der Waals surface area contributed by atoms with Gasteiger partial charge in [-0.05, 0) is 0 Å². The largest absolute Gasteiger partial charge is 0.507 e. The van der Waals surface area contributed by atoms with Gasteiger partial charge in [0.1, 0.15) is 0 Å². The molecule has 0 aliphatic heterocycles. The first-order valence-corrected chi connectivity index (χ1v) is 7.29. The molecule has 101 valence electrons. The van der Waals surface area contributed by atoms with Crippen LogP contribution in [0.1, 0.15) is 51.9 Å². The van der Waals surface area contributed by atoms with Crippen molar-refractivity contribution < 1.29 is 17.3 Å². The minimum atomic E-state index is -0.657. The van der Waals surface area contributed by atoms with E-state index in [1.807, 2.05) is 0 Å². The molecule has 17 heavy (non-hydrogen) atoms. The first kappa shape index (κ1) is 19.4. The van der Waals surface area contributed by atoms with E-state index in [4.69, 9.17) is 3.07 Å². The Morgan fingerprint density at radius 3 is 1.76 bits per heavy atom. The third-order valence-electron chi connectivity index (χ3n) is 2.18. The summed E-state index contributed by atoms with van der Waals surface area (Å²) in [5, 5.41) is 0. The van der Waals surface area contributed by atoms with Gasteiger partial charge in [-0.2, -0.15) is 0 Å². The average Bonchev–Trinajstić information content (AvgIpc) is 2.37. The molecule has 0 fully saturated rings. The topological polar surface area (TPSA) is 44.8 Å². The van der Waals surface area contributed by atoms with Crippen molar-refractivity contribution in [3.63, 3.8) is 0 Å². The minimum Gasteiger partial charge on any atom is -0.438 e. The zero-order chi connectivity index (χ0) is 13.4. The average molecular weight is 352 g/mol. The van der Waals surface area contributed by atoms with Crippen molar-refractivity contribution in [2.24, 2.45) is 0 Å². The summed E-state index contributed by atoms with van der Waals surface area (Å²) >= 11 is 1.21. The molecule has 0 saturated heterocycles. The Morgan fingerprint density at radius 1 is 0.941 bits per heavy atom. The fourth-order valence-electron chi connectivity index (χ4n) is 1.21. The summed E-state index contributed by atoms with van der Waals surface area (Å²) in [7, 11) is 2.51. The van der Waals surface area contributed by atoms with Gasteiger partial charge in [0.25, 0.3) is 0 Å². The predicted molar refractivity (Wildman–Crippen MR) is 69.1 cm³/mol. The second-order valence-corrected chi connectivity index (χ2v) is 4.45. The molecular weight excluding hydrogens is 327 g/mol. The SMILES string of the molecule is CCCCCCCCC[O][Sn].COC(=O)OC. The summed E-state index contributed by atoms with van der Waals surface area (Å²) in [6.45, 7) is 3.24. The summed E-state index contributed by atoms with van der Waals surface area (Å²) in [4.78, 5) is 9.74. The molecule has 0 aromatic heterocycles. The van der Waals surface area contributed by atoms with E-state index < -0.39 is 6.16 Å². The molecule has 4 nitrogen and oxygen atoms in total. The molecule has 0 spiro atoms. The van der Waals surface area contributed by atoms with Crippen molar-refractivity contribution in [3.8, 4) is 0 Å². The minimum absolute atomic E-state index is 0.657. The Balaban J connectivity index is 0. The second kappa shape index (κ2) is 18.4. The van der Waals surface area contributed by atoms with Crippen molar-refractivity contribution in [2.75, 3.05) is 20.8 Å². The molecule has 0 unspecified atom stereocenters. The number of methoxy groups -OCH3 is 2. The van der Waals surface area contributed by atoms with Crippen LogP contribution < -0.4 is 0 Å². The van der Waals surface area contributed by atoms with Gasteiger partial charge in [0.2, 0.25) is 0 Å². The van der Waals surface area contributed by atoms with Gasteiger partial charge in [-0.15, -0.1) is 0 Å². The van der Waals surface area contributed by atoms with Crippen LogP contribution in [0.25, 0.3) is 0 Å². The van der Waals surface area contributed by atoms with Crippen molar-refractivity contribution in [2.45, 2.75) is 51.9 Å². The number of carbonyl (C=O) groups excluding carboxylic acids is 1. The Kier molecular flexibility index (Phi) is 21.0. The molecule has 0 bridgehead atoms. The molecule has 0 saturated carbocycles. The Morgan fingerprint density at radius 2 is 1.41 bits per heavy atom. The quantitative estimate of drug-likeness (QED) is 0.382. The Labute approximate surface area is 119 Å². The summed E-state index contributed by atoms with van der Waals surface area (Å²) in [5.74, 6) is 0. The van der Waals surface area contributed by atoms with Crippen LogP contribution in [0.4, 0.5) is 4.79 Å². The van der Waals surface area contributed by atoms with Crippen LogP contribution in [-0.2, 0) is 12.5 Å².